The van der Waals surface area contributed by atoms with E-state index in [0.717, 1.165) is 39.1 Å². The van der Waals surface area contributed by atoms with Gasteiger partial charge in [-0.15, -0.1) is 0 Å². The summed E-state index contributed by atoms with van der Waals surface area (Å²) in [7, 11) is 0. The molecule has 0 bridgehead atoms. The third-order valence-electron chi connectivity index (χ3n) is 5.96. The molecule has 1 N–H and O–H groups in total. The molecule has 1 saturated heterocycles. The fourth-order valence-electron chi connectivity index (χ4n) is 4.66. The SMILES string of the molecule is CCN(CC)CCCN[C@@H](C)C[C@]1(c2ccccc2)CCOC(C)(C)C1. The smallest absolute Gasteiger partial charge is 0.0635 e. The van der Waals surface area contributed by atoms with Gasteiger partial charge in [-0.1, -0.05) is 44.2 Å². The molecule has 0 saturated carbocycles. The Hall–Kier alpha value is -0.900. The Morgan fingerprint density at radius 3 is 2.46 bits per heavy atom. The average molecular weight is 361 g/mol. The molecule has 3 heteroatoms. The van der Waals surface area contributed by atoms with Crippen molar-refractivity contribution in [1.29, 1.82) is 0 Å². The summed E-state index contributed by atoms with van der Waals surface area (Å²) in [5.74, 6) is 0. The number of rotatable bonds is 10. The topological polar surface area (TPSA) is 24.5 Å². The van der Waals surface area contributed by atoms with Gasteiger partial charge in [-0.3, -0.25) is 0 Å². The van der Waals surface area contributed by atoms with Crippen LogP contribution in [0.5, 0.6) is 0 Å². The van der Waals surface area contributed by atoms with E-state index < -0.39 is 0 Å². The molecular formula is C23H40N2O. The molecule has 0 amide bonds. The lowest BCUT2D eigenvalue weighted by Gasteiger charge is -2.46. The molecule has 0 unspecified atom stereocenters. The van der Waals surface area contributed by atoms with Crippen molar-refractivity contribution in [1.82, 2.24) is 10.2 Å². The molecule has 2 rings (SSSR count). The van der Waals surface area contributed by atoms with Gasteiger partial charge in [-0.05, 0) is 78.2 Å². The van der Waals surface area contributed by atoms with Crippen LogP contribution in [-0.2, 0) is 10.2 Å². The van der Waals surface area contributed by atoms with E-state index in [-0.39, 0.29) is 11.0 Å². The second kappa shape index (κ2) is 9.87. The van der Waals surface area contributed by atoms with E-state index in [9.17, 15) is 0 Å². The highest BCUT2D eigenvalue weighted by Crippen LogP contribution is 2.44. The first-order valence-electron chi connectivity index (χ1n) is 10.6. The molecule has 0 radical (unpaired) electrons. The molecule has 3 nitrogen and oxygen atoms in total. The first-order valence-corrected chi connectivity index (χ1v) is 10.6. The van der Waals surface area contributed by atoms with Crippen molar-refractivity contribution in [3.63, 3.8) is 0 Å². The third-order valence-corrected chi connectivity index (χ3v) is 5.96. The van der Waals surface area contributed by atoms with E-state index in [4.69, 9.17) is 4.74 Å². The fraction of sp³-hybridized carbons (Fsp3) is 0.739. The molecule has 1 aromatic carbocycles. The molecule has 1 heterocycles. The standard InChI is InChI=1S/C23H40N2O/c1-6-25(7-2)16-11-15-24-20(3)18-23(21-12-9-8-10-13-21)14-17-26-22(4,5)19-23/h8-10,12-13,20,24H,6-7,11,14-19H2,1-5H3/t20-,23+/m0/s1. The molecule has 0 spiro atoms. The van der Waals surface area contributed by atoms with Gasteiger partial charge in [0.25, 0.3) is 0 Å². The van der Waals surface area contributed by atoms with Gasteiger partial charge < -0.3 is 15.0 Å². The lowest BCUT2D eigenvalue weighted by molar-refractivity contribution is -0.0854. The molecule has 26 heavy (non-hydrogen) atoms. The van der Waals surface area contributed by atoms with Crippen molar-refractivity contribution < 1.29 is 4.74 Å². The Kier molecular flexibility index (Phi) is 8.12. The first-order chi connectivity index (χ1) is 12.4. The first kappa shape index (κ1) is 21.4. The van der Waals surface area contributed by atoms with Gasteiger partial charge in [0.1, 0.15) is 0 Å². The Balaban J connectivity index is 1.97. The van der Waals surface area contributed by atoms with Crippen LogP contribution in [0.3, 0.4) is 0 Å². The summed E-state index contributed by atoms with van der Waals surface area (Å²) in [5.41, 5.74) is 1.65. The van der Waals surface area contributed by atoms with Crippen LogP contribution in [0.15, 0.2) is 30.3 Å². The molecule has 0 aliphatic carbocycles. The highest BCUT2D eigenvalue weighted by atomic mass is 16.5. The van der Waals surface area contributed by atoms with Crippen molar-refractivity contribution >= 4 is 0 Å². The number of nitrogens with zero attached hydrogens (tertiary/aromatic N) is 1. The molecule has 0 aromatic heterocycles. The quantitative estimate of drug-likeness (QED) is 0.617. The Labute approximate surface area is 161 Å². The van der Waals surface area contributed by atoms with Crippen molar-refractivity contribution in [2.75, 3.05) is 32.8 Å². The van der Waals surface area contributed by atoms with Crippen molar-refractivity contribution in [3.05, 3.63) is 35.9 Å². The van der Waals surface area contributed by atoms with Crippen LogP contribution in [0.25, 0.3) is 0 Å². The Morgan fingerprint density at radius 2 is 1.85 bits per heavy atom. The van der Waals surface area contributed by atoms with Crippen LogP contribution in [0.1, 0.15) is 65.9 Å². The highest BCUT2D eigenvalue weighted by molar-refractivity contribution is 5.27. The molecule has 1 aromatic rings. The van der Waals surface area contributed by atoms with Crippen LogP contribution < -0.4 is 5.32 Å². The van der Waals surface area contributed by atoms with Gasteiger partial charge in [-0.25, -0.2) is 0 Å². The predicted molar refractivity (Wildman–Crippen MR) is 112 cm³/mol. The molecule has 1 aliphatic heterocycles. The average Bonchev–Trinajstić information content (AvgIpc) is 2.62. The summed E-state index contributed by atoms with van der Waals surface area (Å²) >= 11 is 0. The van der Waals surface area contributed by atoms with Crippen molar-refractivity contribution in [2.24, 2.45) is 0 Å². The van der Waals surface area contributed by atoms with E-state index >= 15 is 0 Å². The van der Waals surface area contributed by atoms with Gasteiger partial charge >= 0.3 is 0 Å². The van der Waals surface area contributed by atoms with Gasteiger partial charge in [0, 0.05) is 18.1 Å². The third kappa shape index (κ3) is 6.07. The van der Waals surface area contributed by atoms with Crippen LogP contribution in [-0.4, -0.2) is 49.3 Å². The minimum absolute atomic E-state index is 0.0451. The summed E-state index contributed by atoms with van der Waals surface area (Å²) in [5, 5.41) is 3.79. The Morgan fingerprint density at radius 1 is 1.15 bits per heavy atom. The highest BCUT2D eigenvalue weighted by Gasteiger charge is 2.42. The van der Waals surface area contributed by atoms with Gasteiger partial charge in [0.2, 0.25) is 0 Å². The fourth-order valence-corrected chi connectivity index (χ4v) is 4.66. The Bertz CT molecular complexity index is 512. The number of benzene rings is 1. The van der Waals surface area contributed by atoms with Gasteiger partial charge in [0.05, 0.1) is 5.60 Å². The summed E-state index contributed by atoms with van der Waals surface area (Å²) in [6.07, 6.45) is 4.61. The maximum atomic E-state index is 6.05. The van der Waals surface area contributed by atoms with E-state index in [0.29, 0.717) is 6.04 Å². The molecular weight excluding hydrogens is 320 g/mol. The number of nitrogens with one attached hydrogen (secondary N) is 1. The lowest BCUT2D eigenvalue weighted by atomic mass is 9.66. The van der Waals surface area contributed by atoms with E-state index in [1.165, 1.54) is 24.9 Å². The predicted octanol–water partition coefficient (Wildman–Crippen LogP) is 4.61. The van der Waals surface area contributed by atoms with Crippen LogP contribution >= 0.6 is 0 Å². The largest absolute Gasteiger partial charge is 0.376 e. The minimum atomic E-state index is -0.0451. The second-order valence-corrected chi connectivity index (χ2v) is 8.62. The summed E-state index contributed by atoms with van der Waals surface area (Å²) in [6, 6.07) is 11.6. The number of hydrogen-bond acceptors (Lipinski definition) is 3. The maximum Gasteiger partial charge on any atom is 0.0635 e. The van der Waals surface area contributed by atoms with E-state index in [2.05, 4.69) is 75.2 Å². The normalized spacial score (nSPS) is 23.9. The van der Waals surface area contributed by atoms with Crippen molar-refractivity contribution in [3.8, 4) is 0 Å². The summed E-state index contributed by atoms with van der Waals surface area (Å²) in [4.78, 5) is 2.50. The van der Waals surface area contributed by atoms with Gasteiger partial charge in [-0.2, -0.15) is 0 Å². The zero-order valence-corrected chi connectivity index (χ0v) is 17.7. The summed E-state index contributed by atoms with van der Waals surface area (Å²) in [6.45, 7) is 16.8. The van der Waals surface area contributed by atoms with Gasteiger partial charge in [0.15, 0.2) is 0 Å². The zero-order valence-electron chi connectivity index (χ0n) is 17.7. The molecule has 2 atom stereocenters. The zero-order chi connectivity index (χ0) is 19.0. The molecule has 148 valence electrons. The van der Waals surface area contributed by atoms with Crippen LogP contribution in [0.2, 0.25) is 0 Å². The second-order valence-electron chi connectivity index (χ2n) is 8.62. The molecule has 1 aliphatic rings. The summed E-state index contributed by atoms with van der Waals surface area (Å²) < 4.78 is 6.05. The molecule has 1 fully saturated rings. The van der Waals surface area contributed by atoms with Crippen molar-refractivity contribution in [2.45, 2.75) is 77.4 Å². The van der Waals surface area contributed by atoms with E-state index in [1.54, 1.807) is 0 Å². The number of hydrogen-bond donors (Lipinski definition) is 1. The minimum Gasteiger partial charge on any atom is -0.376 e. The van der Waals surface area contributed by atoms with Crippen LogP contribution in [0.4, 0.5) is 0 Å². The lowest BCUT2D eigenvalue weighted by Crippen LogP contribution is -2.47. The monoisotopic (exact) mass is 360 g/mol. The van der Waals surface area contributed by atoms with Crippen LogP contribution in [0, 0.1) is 0 Å². The maximum absolute atomic E-state index is 6.05. The number of ether oxygens (including phenoxy) is 1. The van der Waals surface area contributed by atoms with E-state index in [1.807, 2.05) is 0 Å².